The second-order valence-electron chi connectivity index (χ2n) is 3.15. The number of nitriles is 1. The van der Waals surface area contributed by atoms with Crippen molar-refractivity contribution in [1.82, 2.24) is 4.90 Å². The standard InChI is InChI=1S/C11H12N2O2/c1-13(8-4-7-12)11(15)9-5-2-3-6-10(9)14/h2-3,5-6,14H,4,8H2,1H3. The number of aromatic hydroxyl groups is 1. The van der Waals surface area contributed by atoms with Crippen LogP contribution in [-0.2, 0) is 0 Å². The number of para-hydroxylation sites is 1. The van der Waals surface area contributed by atoms with Gasteiger partial charge in [0.2, 0.25) is 0 Å². The molecule has 1 amide bonds. The van der Waals surface area contributed by atoms with Crippen LogP contribution in [0.4, 0.5) is 0 Å². The lowest BCUT2D eigenvalue weighted by molar-refractivity contribution is 0.0795. The minimum Gasteiger partial charge on any atom is -0.507 e. The van der Waals surface area contributed by atoms with Crippen LogP contribution in [0.15, 0.2) is 24.3 Å². The van der Waals surface area contributed by atoms with Gasteiger partial charge in [0.05, 0.1) is 18.1 Å². The van der Waals surface area contributed by atoms with Gasteiger partial charge < -0.3 is 10.0 Å². The Kier molecular flexibility index (Phi) is 3.69. The maximum absolute atomic E-state index is 11.7. The molecule has 0 aliphatic heterocycles. The van der Waals surface area contributed by atoms with Crippen molar-refractivity contribution in [2.45, 2.75) is 6.42 Å². The maximum Gasteiger partial charge on any atom is 0.257 e. The van der Waals surface area contributed by atoms with Gasteiger partial charge in [-0.05, 0) is 12.1 Å². The summed E-state index contributed by atoms with van der Waals surface area (Å²) >= 11 is 0. The van der Waals surface area contributed by atoms with Gasteiger partial charge in [0, 0.05) is 13.6 Å². The first-order valence-corrected chi connectivity index (χ1v) is 4.57. The number of benzene rings is 1. The quantitative estimate of drug-likeness (QED) is 0.808. The van der Waals surface area contributed by atoms with E-state index in [0.29, 0.717) is 6.54 Å². The number of hydrogen-bond acceptors (Lipinski definition) is 3. The van der Waals surface area contributed by atoms with E-state index in [1.165, 1.54) is 11.0 Å². The summed E-state index contributed by atoms with van der Waals surface area (Å²) in [6.45, 7) is 0.365. The third-order valence-corrected chi connectivity index (χ3v) is 2.04. The van der Waals surface area contributed by atoms with Crippen molar-refractivity contribution in [3.8, 4) is 11.8 Å². The van der Waals surface area contributed by atoms with Gasteiger partial charge in [0.25, 0.3) is 5.91 Å². The molecule has 0 aliphatic carbocycles. The van der Waals surface area contributed by atoms with Crippen LogP contribution in [0.25, 0.3) is 0 Å². The number of carbonyl (C=O) groups excluding carboxylic acids is 1. The molecule has 0 radical (unpaired) electrons. The van der Waals surface area contributed by atoms with E-state index in [-0.39, 0.29) is 23.6 Å². The number of nitrogens with zero attached hydrogens (tertiary/aromatic N) is 2. The second-order valence-corrected chi connectivity index (χ2v) is 3.15. The molecule has 4 heteroatoms. The molecular weight excluding hydrogens is 192 g/mol. The predicted octanol–water partition coefficient (Wildman–Crippen LogP) is 1.38. The van der Waals surface area contributed by atoms with E-state index < -0.39 is 0 Å². The molecule has 0 atom stereocenters. The van der Waals surface area contributed by atoms with E-state index in [9.17, 15) is 9.90 Å². The van der Waals surface area contributed by atoms with E-state index in [0.717, 1.165) is 0 Å². The van der Waals surface area contributed by atoms with Gasteiger partial charge in [-0.25, -0.2) is 0 Å². The molecule has 1 N–H and O–H groups in total. The first kappa shape index (κ1) is 11.1. The molecule has 0 aromatic heterocycles. The van der Waals surface area contributed by atoms with Crippen LogP contribution in [0.5, 0.6) is 5.75 Å². The Morgan fingerprint density at radius 3 is 2.80 bits per heavy atom. The summed E-state index contributed by atoms with van der Waals surface area (Å²) in [6, 6.07) is 8.32. The molecule has 1 aromatic carbocycles. The van der Waals surface area contributed by atoms with Crippen LogP contribution >= 0.6 is 0 Å². The lowest BCUT2D eigenvalue weighted by Crippen LogP contribution is -2.27. The van der Waals surface area contributed by atoms with Gasteiger partial charge >= 0.3 is 0 Å². The zero-order valence-electron chi connectivity index (χ0n) is 8.47. The molecule has 0 unspecified atom stereocenters. The lowest BCUT2D eigenvalue weighted by Gasteiger charge is -2.15. The highest BCUT2D eigenvalue weighted by Crippen LogP contribution is 2.17. The SMILES string of the molecule is CN(CCC#N)C(=O)c1ccccc1O. The number of amides is 1. The van der Waals surface area contributed by atoms with E-state index in [1.807, 2.05) is 6.07 Å². The van der Waals surface area contributed by atoms with E-state index in [2.05, 4.69) is 0 Å². The third-order valence-electron chi connectivity index (χ3n) is 2.04. The van der Waals surface area contributed by atoms with Crippen molar-refractivity contribution in [3.63, 3.8) is 0 Å². The van der Waals surface area contributed by atoms with Gasteiger partial charge in [-0.15, -0.1) is 0 Å². The summed E-state index contributed by atoms with van der Waals surface area (Å²) in [4.78, 5) is 13.1. The fourth-order valence-electron chi connectivity index (χ4n) is 1.18. The van der Waals surface area contributed by atoms with Crippen molar-refractivity contribution in [1.29, 1.82) is 5.26 Å². The molecule has 0 heterocycles. The van der Waals surface area contributed by atoms with Crippen molar-refractivity contribution < 1.29 is 9.90 Å². The summed E-state index contributed by atoms with van der Waals surface area (Å²) in [6.07, 6.45) is 0.288. The molecule has 0 spiro atoms. The molecule has 0 bridgehead atoms. The van der Waals surface area contributed by atoms with Crippen LogP contribution in [0.2, 0.25) is 0 Å². The molecule has 0 fully saturated rings. The summed E-state index contributed by atoms with van der Waals surface area (Å²) < 4.78 is 0. The van der Waals surface area contributed by atoms with Crippen LogP contribution in [0.3, 0.4) is 0 Å². The zero-order valence-corrected chi connectivity index (χ0v) is 8.47. The predicted molar refractivity (Wildman–Crippen MR) is 55.3 cm³/mol. The van der Waals surface area contributed by atoms with Gasteiger partial charge in [-0.2, -0.15) is 5.26 Å². The molecule has 4 nitrogen and oxygen atoms in total. The van der Waals surface area contributed by atoms with Crippen molar-refractivity contribution in [2.24, 2.45) is 0 Å². The van der Waals surface area contributed by atoms with E-state index in [4.69, 9.17) is 5.26 Å². The van der Waals surface area contributed by atoms with Crippen molar-refractivity contribution in [2.75, 3.05) is 13.6 Å². The minimum atomic E-state index is -0.275. The molecule has 0 saturated carbocycles. The highest BCUT2D eigenvalue weighted by Gasteiger charge is 2.14. The number of hydrogen-bond donors (Lipinski definition) is 1. The van der Waals surface area contributed by atoms with Crippen LogP contribution < -0.4 is 0 Å². The molecule has 78 valence electrons. The van der Waals surface area contributed by atoms with Gasteiger partial charge in [0.15, 0.2) is 0 Å². The van der Waals surface area contributed by atoms with E-state index in [1.54, 1.807) is 25.2 Å². The van der Waals surface area contributed by atoms with Gasteiger partial charge in [-0.3, -0.25) is 4.79 Å². The number of phenolic OH excluding ortho intramolecular Hbond substituents is 1. The minimum absolute atomic E-state index is 0.0358. The van der Waals surface area contributed by atoms with Crippen LogP contribution in [0, 0.1) is 11.3 Å². The Balaban J connectivity index is 2.77. The van der Waals surface area contributed by atoms with Crippen LogP contribution in [-0.4, -0.2) is 29.5 Å². The average Bonchev–Trinajstić information content (AvgIpc) is 2.25. The zero-order chi connectivity index (χ0) is 11.3. The summed E-state index contributed by atoms with van der Waals surface area (Å²) in [5.74, 6) is -0.311. The Labute approximate surface area is 88.4 Å². The Morgan fingerprint density at radius 2 is 2.20 bits per heavy atom. The monoisotopic (exact) mass is 204 g/mol. The Bertz CT molecular complexity index is 396. The Morgan fingerprint density at radius 1 is 1.53 bits per heavy atom. The fourth-order valence-corrected chi connectivity index (χ4v) is 1.18. The van der Waals surface area contributed by atoms with Crippen molar-refractivity contribution >= 4 is 5.91 Å². The average molecular weight is 204 g/mol. The normalized spacial score (nSPS) is 9.33. The summed E-state index contributed by atoms with van der Waals surface area (Å²) in [7, 11) is 1.60. The first-order chi connectivity index (χ1) is 7.16. The smallest absolute Gasteiger partial charge is 0.257 e. The summed E-state index contributed by atoms with van der Waals surface area (Å²) in [5, 5.41) is 17.8. The Hall–Kier alpha value is -2.02. The van der Waals surface area contributed by atoms with Gasteiger partial charge in [0.1, 0.15) is 5.75 Å². The van der Waals surface area contributed by atoms with E-state index >= 15 is 0 Å². The first-order valence-electron chi connectivity index (χ1n) is 4.57. The summed E-state index contributed by atoms with van der Waals surface area (Å²) in [5.41, 5.74) is 0.262. The van der Waals surface area contributed by atoms with Crippen LogP contribution in [0.1, 0.15) is 16.8 Å². The highest BCUT2D eigenvalue weighted by molar-refractivity contribution is 5.96. The maximum atomic E-state index is 11.7. The number of phenols is 1. The molecule has 15 heavy (non-hydrogen) atoms. The topological polar surface area (TPSA) is 64.3 Å². The second kappa shape index (κ2) is 5.01. The molecular formula is C11H12N2O2. The number of carbonyl (C=O) groups is 1. The van der Waals surface area contributed by atoms with Crippen molar-refractivity contribution in [3.05, 3.63) is 29.8 Å². The number of rotatable bonds is 3. The lowest BCUT2D eigenvalue weighted by atomic mass is 10.2. The fraction of sp³-hybridized carbons (Fsp3) is 0.273. The third kappa shape index (κ3) is 2.71. The molecule has 0 saturated heterocycles. The largest absolute Gasteiger partial charge is 0.507 e. The molecule has 1 rings (SSSR count). The highest BCUT2D eigenvalue weighted by atomic mass is 16.3. The van der Waals surface area contributed by atoms with Gasteiger partial charge in [-0.1, -0.05) is 12.1 Å². The molecule has 1 aromatic rings. The molecule has 0 aliphatic rings.